The van der Waals surface area contributed by atoms with Crippen LogP contribution in [0.1, 0.15) is 25.8 Å². The lowest BCUT2D eigenvalue weighted by molar-refractivity contribution is -0.119. The number of anilines is 1. The van der Waals surface area contributed by atoms with E-state index in [1.54, 1.807) is 0 Å². The van der Waals surface area contributed by atoms with Gasteiger partial charge in [0, 0.05) is 30.3 Å². The first-order chi connectivity index (χ1) is 10.1. The second-order valence-electron chi connectivity index (χ2n) is 5.92. The van der Waals surface area contributed by atoms with Crippen LogP contribution in [0.2, 0.25) is 5.02 Å². The maximum atomic E-state index is 11.8. The van der Waals surface area contributed by atoms with Crippen LogP contribution in [0.3, 0.4) is 0 Å². The molecule has 1 aromatic carbocycles. The highest BCUT2D eigenvalue weighted by molar-refractivity contribution is 6.30. The Balaban J connectivity index is 2.15. The van der Waals surface area contributed by atoms with E-state index in [1.165, 1.54) is 5.56 Å². The molecule has 116 valence electrons. The van der Waals surface area contributed by atoms with E-state index >= 15 is 0 Å². The van der Waals surface area contributed by atoms with Crippen molar-refractivity contribution in [3.05, 3.63) is 28.8 Å². The minimum absolute atomic E-state index is 0.0774. The van der Waals surface area contributed by atoms with Gasteiger partial charge < -0.3 is 15.5 Å². The minimum Gasteiger partial charge on any atom is -0.362 e. The molecule has 0 saturated carbocycles. The molecule has 0 atom stereocenters. The summed E-state index contributed by atoms with van der Waals surface area (Å²) in [4.78, 5) is 13.9. The molecule has 0 aliphatic carbocycles. The topological polar surface area (TPSA) is 44.4 Å². The largest absolute Gasteiger partial charge is 0.362 e. The summed E-state index contributed by atoms with van der Waals surface area (Å²) >= 11 is 6.15. The van der Waals surface area contributed by atoms with Crippen molar-refractivity contribution < 1.29 is 4.79 Å². The van der Waals surface area contributed by atoms with Crippen LogP contribution in [0.15, 0.2) is 18.2 Å². The van der Waals surface area contributed by atoms with Gasteiger partial charge in [-0.2, -0.15) is 0 Å². The Bertz CT molecular complexity index is 490. The van der Waals surface area contributed by atoms with Gasteiger partial charge in [-0.1, -0.05) is 31.5 Å². The average molecular weight is 310 g/mol. The highest BCUT2D eigenvalue weighted by atomic mass is 35.5. The van der Waals surface area contributed by atoms with E-state index in [9.17, 15) is 4.79 Å². The summed E-state index contributed by atoms with van der Waals surface area (Å²) in [5.41, 5.74) is 2.26. The fourth-order valence-corrected chi connectivity index (χ4v) is 2.65. The van der Waals surface area contributed by atoms with Crippen molar-refractivity contribution in [2.45, 2.75) is 26.8 Å². The van der Waals surface area contributed by atoms with Gasteiger partial charge in [0.05, 0.1) is 6.54 Å². The summed E-state index contributed by atoms with van der Waals surface area (Å²) in [5, 5.41) is 7.07. The molecule has 1 aromatic rings. The molecule has 1 aliphatic heterocycles. The van der Waals surface area contributed by atoms with Crippen molar-refractivity contribution in [3.63, 3.8) is 0 Å². The smallest absolute Gasteiger partial charge is 0.239 e. The van der Waals surface area contributed by atoms with Crippen LogP contribution in [0.4, 0.5) is 5.69 Å². The molecule has 1 amide bonds. The Hall–Kier alpha value is -1.26. The maximum absolute atomic E-state index is 11.8. The molecule has 0 unspecified atom stereocenters. The number of carbonyl (C=O) groups is 1. The second-order valence-corrected chi connectivity index (χ2v) is 6.36. The van der Waals surface area contributed by atoms with Gasteiger partial charge in [-0.25, -0.2) is 0 Å². The summed E-state index contributed by atoms with van der Waals surface area (Å²) in [5.74, 6) is 0.693. The molecule has 1 saturated heterocycles. The Morgan fingerprint density at radius 1 is 1.43 bits per heavy atom. The number of amides is 1. The summed E-state index contributed by atoms with van der Waals surface area (Å²) in [6.07, 6.45) is 0.955. The van der Waals surface area contributed by atoms with Gasteiger partial charge in [0.15, 0.2) is 0 Å². The minimum atomic E-state index is 0.0774. The normalized spacial score (nSPS) is 16.0. The Kier molecular flexibility index (Phi) is 5.88. The average Bonchev–Trinajstić information content (AvgIpc) is 2.64. The fraction of sp³-hybridized carbons (Fsp3) is 0.562. The number of hydrogen-bond donors (Lipinski definition) is 2. The van der Waals surface area contributed by atoms with Crippen molar-refractivity contribution in [2.24, 2.45) is 5.92 Å². The molecule has 0 bridgehead atoms. The van der Waals surface area contributed by atoms with E-state index in [4.69, 9.17) is 11.6 Å². The summed E-state index contributed by atoms with van der Waals surface area (Å²) in [6, 6.07) is 5.93. The molecule has 2 N–H and O–H groups in total. The zero-order valence-electron chi connectivity index (χ0n) is 12.8. The maximum Gasteiger partial charge on any atom is 0.239 e. The predicted molar refractivity (Wildman–Crippen MR) is 87.8 cm³/mol. The molecule has 2 rings (SSSR count). The molecule has 1 aliphatic rings. The summed E-state index contributed by atoms with van der Waals surface area (Å²) in [6.45, 7) is 8.17. The molecule has 21 heavy (non-hydrogen) atoms. The lowest BCUT2D eigenvalue weighted by Gasteiger charge is -2.25. The molecule has 5 heteroatoms. The van der Waals surface area contributed by atoms with Crippen LogP contribution in [0.5, 0.6) is 0 Å². The van der Waals surface area contributed by atoms with E-state index in [2.05, 4.69) is 29.4 Å². The third-order valence-electron chi connectivity index (χ3n) is 3.52. The Labute approximate surface area is 131 Å². The van der Waals surface area contributed by atoms with E-state index in [-0.39, 0.29) is 5.91 Å². The van der Waals surface area contributed by atoms with Crippen LogP contribution in [-0.4, -0.2) is 32.1 Å². The fourth-order valence-electron chi connectivity index (χ4n) is 2.49. The van der Waals surface area contributed by atoms with Gasteiger partial charge in [-0.15, -0.1) is 0 Å². The first kappa shape index (κ1) is 16.1. The summed E-state index contributed by atoms with van der Waals surface area (Å²) in [7, 11) is 0. The van der Waals surface area contributed by atoms with Gasteiger partial charge in [0.1, 0.15) is 0 Å². The SMILES string of the molecule is CC(C)CNCc1ccc(Cl)cc1N1CCCNC(=O)C1. The van der Waals surface area contributed by atoms with Crippen molar-refractivity contribution in [2.75, 3.05) is 31.1 Å². The molecule has 0 aromatic heterocycles. The van der Waals surface area contributed by atoms with Crippen molar-refractivity contribution in [3.8, 4) is 0 Å². The van der Waals surface area contributed by atoms with Crippen molar-refractivity contribution >= 4 is 23.2 Å². The zero-order chi connectivity index (χ0) is 15.2. The number of halogens is 1. The Morgan fingerprint density at radius 3 is 3.00 bits per heavy atom. The van der Waals surface area contributed by atoms with E-state index in [0.717, 1.165) is 38.3 Å². The molecular weight excluding hydrogens is 286 g/mol. The highest BCUT2D eigenvalue weighted by Gasteiger charge is 2.17. The molecule has 0 radical (unpaired) electrons. The van der Waals surface area contributed by atoms with Gasteiger partial charge in [-0.05, 0) is 36.6 Å². The molecular formula is C16H24ClN3O. The molecule has 0 spiro atoms. The third-order valence-corrected chi connectivity index (χ3v) is 3.75. The van der Waals surface area contributed by atoms with Gasteiger partial charge in [-0.3, -0.25) is 4.79 Å². The first-order valence-corrected chi connectivity index (χ1v) is 7.95. The van der Waals surface area contributed by atoms with Crippen LogP contribution < -0.4 is 15.5 Å². The number of carbonyl (C=O) groups excluding carboxylic acids is 1. The van der Waals surface area contributed by atoms with Crippen molar-refractivity contribution in [1.82, 2.24) is 10.6 Å². The van der Waals surface area contributed by atoms with Crippen molar-refractivity contribution in [1.29, 1.82) is 0 Å². The number of rotatable bonds is 5. The predicted octanol–water partition coefficient (Wildman–Crippen LogP) is 2.41. The Morgan fingerprint density at radius 2 is 2.24 bits per heavy atom. The van der Waals surface area contributed by atoms with Crippen LogP contribution in [0, 0.1) is 5.92 Å². The van der Waals surface area contributed by atoms with Crippen LogP contribution in [-0.2, 0) is 11.3 Å². The van der Waals surface area contributed by atoms with E-state index < -0.39 is 0 Å². The molecule has 1 fully saturated rings. The van der Waals surface area contributed by atoms with E-state index in [0.29, 0.717) is 17.5 Å². The van der Waals surface area contributed by atoms with Gasteiger partial charge in [0.2, 0.25) is 5.91 Å². The number of nitrogens with one attached hydrogen (secondary N) is 2. The van der Waals surface area contributed by atoms with Crippen LogP contribution >= 0.6 is 11.6 Å². The third kappa shape index (κ3) is 4.90. The van der Waals surface area contributed by atoms with E-state index in [1.807, 2.05) is 18.2 Å². The van der Waals surface area contributed by atoms with Gasteiger partial charge >= 0.3 is 0 Å². The van der Waals surface area contributed by atoms with Crippen LogP contribution in [0.25, 0.3) is 0 Å². The quantitative estimate of drug-likeness (QED) is 0.878. The summed E-state index contributed by atoms with van der Waals surface area (Å²) < 4.78 is 0. The first-order valence-electron chi connectivity index (χ1n) is 7.57. The monoisotopic (exact) mass is 309 g/mol. The lowest BCUT2D eigenvalue weighted by Crippen LogP contribution is -2.34. The zero-order valence-corrected chi connectivity index (χ0v) is 13.5. The van der Waals surface area contributed by atoms with Gasteiger partial charge in [0.25, 0.3) is 0 Å². The lowest BCUT2D eigenvalue weighted by atomic mass is 10.1. The molecule has 1 heterocycles. The highest BCUT2D eigenvalue weighted by Crippen LogP contribution is 2.25. The number of nitrogens with zero attached hydrogens (tertiary/aromatic N) is 1. The number of benzene rings is 1. The second kappa shape index (κ2) is 7.66. The number of hydrogen-bond acceptors (Lipinski definition) is 3. The molecule has 4 nitrogen and oxygen atoms in total. The standard InChI is InChI=1S/C16H24ClN3O/c1-12(2)9-18-10-13-4-5-14(17)8-15(13)20-7-3-6-19-16(21)11-20/h4-5,8,12,18H,3,6-7,9-11H2,1-2H3,(H,19,21).